The number of hydrogen-bond acceptors (Lipinski definition) is 5. The molecule has 1 amide bonds. The number of nitrogens with zero attached hydrogens (tertiary/aromatic N) is 2. The lowest BCUT2D eigenvalue weighted by atomic mass is 9.91. The molecule has 1 saturated heterocycles. The molecule has 26 heavy (non-hydrogen) atoms. The number of rotatable bonds is 5. The molecule has 0 bridgehead atoms. The smallest absolute Gasteiger partial charge is 0.412 e. The monoisotopic (exact) mass is 361 g/mol. The fourth-order valence-electron chi connectivity index (χ4n) is 3.22. The van der Waals surface area contributed by atoms with Crippen LogP contribution in [0.25, 0.3) is 0 Å². The number of carbonyl (C=O) groups excluding carboxylic acids is 2. The number of Topliss-reactive ketones (excluding diaryl/α,β-unsaturated/α-hetero) is 1. The van der Waals surface area contributed by atoms with E-state index < -0.39 is 11.7 Å². The lowest BCUT2D eigenvalue weighted by molar-refractivity contribution is 0.0636. The molecule has 1 unspecified atom stereocenters. The van der Waals surface area contributed by atoms with Gasteiger partial charge >= 0.3 is 6.09 Å². The molecule has 1 N–H and O–H groups in total. The number of likely N-dealkylation sites (N-methyl/N-ethyl adjacent to an activating group) is 1. The van der Waals surface area contributed by atoms with E-state index in [-0.39, 0.29) is 5.78 Å². The van der Waals surface area contributed by atoms with Crippen LogP contribution in [0.2, 0.25) is 0 Å². The van der Waals surface area contributed by atoms with Crippen LogP contribution in [0, 0.1) is 0 Å². The zero-order valence-corrected chi connectivity index (χ0v) is 16.6. The Kier molecular flexibility index (Phi) is 6.75. The number of amides is 1. The summed E-state index contributed by atoms with van der Waals surface area (Å²) in [7, 11) is 0. The third kappa shape index (κ3) is 5.53. The molecule has 6 nitrogen and oxygen atoms in total. The number of nitrogens with one attached hydrogen (secondary N) is 1. The van der Waals surface area contributed by atoms with Crippen LogP contribution in [0.1, 0.15) is 75.9 Å². The summed E-state index contributed by atoms with van der Waals surface area (Å²) >= 11 is 0. The van der Waals surface area contributed by atoms with E-state index in [1.165, 1.54) is 0 Å². The highest BCUT2D eigenvalue weighted by Gasteiger charge is 2.24. The largest absolute Gasteiger partial charge is 0.444 e. The van der Waals surface area contributed by atoms with Gasteiger partial charge in [0.2, 0.25) is 0 Å². The highest BCUT2D eigenvalue weighted by molar-refractivity contribution is 6.02. The minimum absolute atomic E-state index is 0.0959. The Hall–Kier alpha value is -1.95. The van der Waals surface area contributed by atoms with Gasteiger partial charge in [-0.1, -0.05) is 13.8 Å². The highest BCUT2D eigenvalue weighted by Crippen LogP contribution is 2.29. The molecule has 1 aromatic rings. The van der Waals surface area contributed by atoms with Gasteiger partial charge in [-0.2, -0.15) is 0 Å². The quantitative estimate of drug-likeness (QED) is 0.795. The summed E-state index contributed by atoms with van der Waals surface area (Å²) in [6.07, 6.45) is 3.78. The third-order valence-electron chi connectivity index (χ3n) is 4.55. The number of likely N-dealkylation sites (tertiary alicyclic amines) is 1. The van der Waals surface area contributed by atoms with E-state index in [2.05, 4.69) is 22.1 Å². The number of piperidine rings is 1. The number of carbonyl (C=O) groups is 2. The second-order valence-corrected chi connectivity index (χ2v) is 7.80. The maximum atomic E-state index is 12.2. The van der Waals surface area contributed by atoms with Crippen molar-refractivity contribution in [1.82, 2.24) is 9.88 Å². The third-order valence-corrected chi connectivity index (χ3v) is 4.55. The molecule has 2 rings (SSSR count). The van der Waals surface area contributed by atoms with Crippen molar-refractivity contribution in [2.24, 2.45) is 0 Å². The zero-order chi connectivity index (χ0) is 19.3. The van der Waals surface area contributed by atoms with Crippen molar-refractivity contribution in [3.63, 3.8) is 0 Å². The van der Waals surface area contributed by atoms with E-state index in [1.54, 1.807) is 33.9 Å². The molecule has 1 aromatic heterocycles. The van der Waals surface area contributed by atoms with Crippen LogP contribution in [-0.2, 0) is 4.74 Å². The fraction of sp³-hybridized carbons (Fsp3) is 0.650. The number of hydrogen-bond donors (Lipinski definition) is 1. The topological polar surface area (TPSA) is 71.5 Å². The second-order valence-electron chi connectivity index (χ2n) is 7.80. The minimum atomic E-state index is -0.602. The van der Waals surface area contributed by atoms with E-state index in [1.807, 2.05) is 6.07 Å². The van der Waals surface area contributed by atoms with Crippen molar-refractivity contribution in [2.45, 2.75) is 65.4 Å². The molecule has 0 spiro atoms. The molecular weight excluding hydrogens is 330 g/mol. The van der Waals surface area contributed by atoms with Crippen molar-refractivity contribution in [1.29, 1.82) is 0 Å². The Bertz CT molecular complexity index is 652. The molecule has 0 saturated carbocycles. The van der Waals surface area contributed by atoms with Crippen LogP contribution in [0.5, 0.6) is 0 Å². The van der Waals surface area contributed by atoms with Gasteiger partial charge in [-0.05, 0) is 64.3 Å². The number of anilines is 1. The highest BCUT2D eigenvalue weighted by atomic mass is 16.6. The summed E-state index contributed by atoms with van der Waals surface area (Å²) in [6.45, 7) is 12.5. The summed E-state index contributed by atoms with van der Waals surface area (Å²) in [5, 5.41) is 2.73. The van der Waals surface area contributed by atoms with E-state index in [9.17, 15) is 9.59 Å². The first-order valence-electron chi connectivity index (χ1n) is 9.49. The predicted octanol–water partition coefficient (Wildman–Crippen LogP) is 4.22. The number of pyridine rings is 1. The van der Waals surface area contributed by atoms with E-state index in [0.717, 1.165) is 38.0 Å². The minimum Gasteiger partial charge on any atom is -0.444 e. The maximum Gasteiger partial charge on any atom is 0.412 e. The first kappa shape index (κ1) is 20.4. The summed E-state index contributed by atoms with van der Waals surface area (Å²) in [5.41, 5.74) is 1.19. The molecule has 144 valence electrons. The average molecular weight is 361 g/mol. The fourth-order valence-corrected chi connectivity index (χ4v) is 3.22. The number of aromatic nitrogens is 1. The summed E-state index contributed by atoms with van der Waals surface area (Å²) < 4.78 is 5.33. The van der Waals surface area contributed by atoms with E-state index in [4.69, 9.17) is 4.74 Å². The molecular formula is C20H31N3O3. The SMILES string of the molecule is CCC(=O)c1ncc(C2CCCN(CC)C2)cc1NC(=O)OC(C)(C)C. The number of ketones is 1. The Morgan fingerprint density at radius 1 is 1.35 bits per heavy atom. The molecule has 1 fully saturated rings. The van der Waals surface area contributed by atoms with Crippen molar-refractivity contribution in [3.8, 4) is 0 Å². The van der Waals surface area contributed by atoms with Gasteiger partial charge < -0.3 is 9.64 Å². The molecule has 1 aliphatic rings. The van der Waals surface area contributed by atoms with Crippen LogP contribution in [0.4, 0.5) is 10.5 Å². The van der Waals surface area contributed by atoms with Crippen molar-refractivity contribution < 1.29 is 14.3 Å². The van der Waals surface area contributed by atoms with Crippen LogP contribution in [0.3, 0.4) is 0 Å². The van der Waals surface area contributed by atoms with Gasteiger partial charge in [-0.3, -0.25) is 15.1 Å². The van der Waals surface area contributed by atoms with Gasteiger partial charge in [0, 0.05) is 19.2 Å². The van der Waals surface area contributed by atoms with E-state index in [0.29, 0.717) is 23.7 Å². The molecule has 2 heterocycles. The second kappa shape index (κ2) is 8.62. The Morgan fingerprint density at radius 3 is 2.69 bits per heavy atom. The van der Waals surface area contributed by atoms with Crippen LogP contribution >= 0.6 is 0 Å². The maximum absolute atomic E-state index is 12.2. The molecule has 6 heteroatoms. The molecule has 0 aliphatic carbocycles. The summed E-state index contributed by atoms with van der Waals surface area (Å²) in [5.74, 6) is 0.266. The van der Waals surface area contributed by atoms with Gasteiger partial charge in [0.1, 0.15) is 11.3 Å². The predicted molar refractivity (Wildman–Crippen MR) is 103 cm³/mol. The first-order chi connectivity index (χ1) is 12.2. The van der Waals surface area contributed by atoms with Gasteiger partial charge in [0.05, 0.1) is 5.69 Å². The van der Waals surface area contributed by atoms with Crippen LogP contribution in [0.15, 0.2) is 12.3 Å². The van der Waals surface area contributed by atoms with Crippen molar-refractivity contribution >= 4 is 17.6 Å². The zero-order valence-electron chi connectivity index (χ0n) is 16.6. The molecule has 0 aromatic carbocycles. The molecule has 0 radical (unpaired) electrons. The van der Waals surface area contributed by atoms with Gasteiger partial charge in [0.25, 0.3) is 0 Å². The lowest BCUT2D eigenvalue weighted by Gasteiger charge is -2.32. The van der Waals surface area contributed by atoms with Crippen molar-refractivity contribution in [2.75, 3.05) is 25.0 Å². The molecule has 1 aliphatic heterocycles. The van der Waals surface area contributed by atoms with Crippen LogP contribution in [-0.4, -0.2) is 47.0 Å². The standard InChI is InChI=1S/C20H31N3O3/c1-6-17(24)18-16(22-19(25)26-20(3,4)5)11-15(12-21-18)14-9-8-10-23(7-2)13-14/h11-12,14H,6-10,13H2,1-5H3,(H,22,25). The lowest BCUT2D eigenvalue weighted by Crippen LogP contribution is -2.34. The first-order valence-corrected chi connectivity index (χ1v) is 9.49. The Morgan fingerprint density at radius 2 is 2.08 bits per heavy atom. The van der Waals surface area contributed by atoms with Crippen molar-refractivity contribution in [3.05, 3.63) is 23.5 Å². The summed E-state index contributed by atoms with van der Waals surface area (Å²) in [4.78, 5) is 31.2. The Labute approximate surface area is 156 Å². The van der Waals surface area contributed by atoms with E-state index >= 15 is 0 Å². The van der Waals surface area contributed by atoms with Gasteiger partial charge in [0.15, 0.2) is 5.78 Å². The van der Waals surface area contributed by atoms with Gasteiger partial charge in [-0.25, -0.2) is 4.79 Å². The normalized spacial score (nSPS) is 18.4. The Balaban J connectivity index is 2.27. The summed E-state index contributed by atoms with van der Waals surface area (Å²) in [6, 6.07) is 1.89. The van der Waals surface area contributed by atoms with Crippen LogP contribution < -0.4 is 5.32 Å². The van der Waals surface area contributed by atoms with Gasteiger partial charge in [-0.15, -0.1) is 0 Å². The number of ether oxygens (including phenoxy) is 1. The average Bonchev–Trinajstić information content (AvgIpc) is 2.59. The molecule has 1 atom stereocenters.